The second kappa shape index (κ2) is 20.3. The first-order valence-electron chi connectivity index (χ1n) is 22.2. The Balaban J connectivity index is 1.45. The molecule has 0 bridgehead atoms. The molecule has 4 aromatic carbocycles. The molecule has 7 rings (SSSR count). The number of aromatic hydroxyl groups is 3. The number of anilines is 3. The summed E-state index contributed by atoms with van der Waals surface area (Å²) in [5, 5.41) is 43.2. The molecule has 3 heterocycles. The minimum atomic E-state index is -0.538. The maximum Gasteiger partial charge on any atom is 0.260 e. The van der Waals surface area contributed by atoms with Gasteiger partial charge in [-0.1, -0.05) is 58.2 Å². The van der Waals surface area contributed by atoms with Gasteiger partial charge in [0.1, 0.15) is 34.7 Å². The maximum atomic E-state index is 14.0. The number of hydrogen-bond donors (Lipinski definition) is 6. The van der Waals surface area contributed by atoms with Gasteiger partial charge in [0.15, 0.2) is 0 Å². The second-order valence-electron chi connectivity index (χ2n) is 16.5. The summed E-state index contributed by atoms with van der Waals surface area (Å²) < 4.78 is 0. The number of phenols is 3. The largest absolute Gasteiger partial charge is 0.507 e. The molecule has 336 valence electrons. The highest BCUT2D eigenvalue weighted by atomic mass is 16.3. The fourth-order valence-corrected chi connectivity index (χ4v) is 8.00. The van der Waals surface area contributed by atoms with Gasteiger partial charge in [-0.3, -0.25) is 14.4 Å². The van der Waals surface area contributed by atoms with Crippen molar-refractivity contribution in [3.63, 3.8) is 0 Å². The van der Waals surface area contributed by atoms with Crippen molar-refractivity contribution >= 4 is 35.2 Å². The lowest BCUT2D eigenvalue weighted by atomic mass is 9.88. The van der Waals surface area contributed by atoms with Crippen LogP contribution in [0.15, 0.2) is 109 Å². The third-order valence-corrected chi connectivity index (χ3v) is 11.2. The predicted octanol–water partition coefficient (Wildman–Crippen LogP) is 11.5. The molecule has 12 heteroatoms. The zero-order valence-corrected chi connectivity index (χ0v) is 38.0. The Morgan fingerprint density at radius 3 is 0.909 bits per heavy atom. The fraction of sp³-hybridized carbons (Fsp3) is 0.222. The van der Waals surface area contributed by atoms with Crippen LogP contribution in [-0.2, 0) is 19.3 Å². The Morgan fingerprint density at radius 2 is 0.667 bits per heavy atom. The summed E-state index contributed by atoms with van der Waals surface area (Å²) in [4.78, 5) is 55.2. The van der Waals surface area contributed by atoms with E-state index in [-0.39, 0.29) is 33.9 Å². The first-order valence-corrected chi connectivity index (χ1v) is 22.2. The van der Waals surface area contributed by atoms with Crippen LogP contribution in [-0.4, -0.2) is 48.0 Å². The third kappa shape index (κ3) is 10.6. The molecule has 7 aromatic rings. The molecule has 6 N–H and O–H groups in total. The molecule has 3 aromatic heterocycles. The molecule has 0 aliphatic carbocycles. The van der Waals surface area contributed by atoms with Crippen molar-refractivity contribution in [3.05, 3.63) is 160 Å². The lowest BCUT2D eigenvalue weighted by Gasteiger charge is -2.18. The number of nitrogens with zero attached hydrogens (tertiary/aromatic N) is 3. The molecule has 0 fully saturated rings. The molecule has 12 nitrogen and oxygen atoms in total. The van der Waals surface area contributed by atoms with Gasteiger partial charge >= 0.3 is 0 Å². The van der Waals surface area contributed by atoms with Crippen molar-refractivity contribution in [2.75, 3.05) is 16.0 Å². The molecule has 0 spiro atoms. The number of carbonyl (C=O) groups excluding carboxylic acids is 3. The van der Waals surface area contributed by atoms with E-state index in [0.29, 0.717) is 106 Å². The van der Waals surface area contributed by atoms with Crippen molar-refractivity contribution in [2.45, 2.75) is 80.1 Å². The van der Waals surface area contributed by atoms with E-state index in [1.54, 1.807) is 54.6 Å². The first-order chi connectivity index (χ1) is 31.7. The Hall–Kier alpha value is -7.86. The Morgan fingerprint density at radius 1 is 0.409 bits per heavy atom. The molecular formula is C54H54N6O6. The molecule has 0 atom stereocenters. The number of hydrogen-bond acceptors (Lipinski definition) is 9. The summed E-state index contributed by atoms with van der Waals surface area (Å²) in [6.07, 6.45) is 3.51. The summed E-state index contributed by atoms with van der Waals surface area (Å²) in [6.45, 7) is 11.4. The minimum absolute atomic E-state index is 0.0587. The number of rotatable bonds is 15. The number of pyridine rings is 3. The van der Waals surface area contributed by atoms with Crippen LogP contribution in [0.3, 0.4) is 0 Å². The van der Waals surface area contributed by atoms with E-state index in [2.05, 4.69) is 30.9 Å². The number of benzene rings is 4. The van der Waals surface area contributed by atoms with E-state index < -0.39 is 17.7 Å². The molecule has 0 aliphatic rings. The van der Waals surface area contributed by atoms with Crippen LogP contribution in [0.2, 0.25) is 0 Å². The van der Waals surface area contributed by atoms with Crippen molar-refractivity contribution in [1.82, 2.24) is 15.0 Å². The second-order valence-corrected chi connectivity index (χ2v) is 16.5. The molecular weight excluding hydrogens is 829 g/mol. The van der Waals surface area contributed by atoms with Gasteiger partial charge < -0.3 is 31.3 Å². The summed E-state index contributed by atoms with van der Waals surface area (Å²) in [6, 6.07) is 32.2. The molecule has 0 radical (unpaired) electrons. The first kappa shape index (κ1) is 46.1. The zero-order valence-electron chi connectivity index (χ0n) is 38.0. The molecule has 66 heavy (non-hydrogen) atoms. The van der Waals surface area contributed by atoms with Gasteiger partial charge in [0.2, 0.25) is 0 Å². The Bertz CT molecular complexity index is 2650. The van der Waals surface area contributed by atoms with Crippen molar-refractivity contribution in [2.24, 2.45) is 0 Å². The molecule has 0 unspecified atom stereocenters. The van der Waals surface area contributed by atoms with Crippen LogP contribution >= 0.6 is 0 Å². The van der Waals surface area contributed by atoms with Crippen LogP contribution in [0.1, 0.15) is 105 Å². The van der Waals surface area contributed by atoms with Gasteiger partial charge in [-0.05, 0) is 181 Å². The number of aryl methyl sites for hydroxylation is 6. The van der Waals surface area contributed by atoms with Crippen LogP contribution < -0.4 is 16.0 Å². The van der Waals surface area contributed by atoms with Crippen molar-refractivity contribution in [3.8, 4) is 50.6 Å². The molecule has 0 saturated heterocycles. The highest BCUT2D eigenvalue weighted by molar-refractivity contribution is 6.09. The fourth-order valence-electron chi connectivity index (χ4n) is 8.00. The van der Waals surface area contributed by atoms with Gasteiger partial charge in [-0.15, -0.1) is 0 Å². The molecule has 0 aliphatic heterocycles. The molecule has 0 saturated carbocycles. The van der Waals surface area contributed by atoms with Crippen LogP contribution in [0.4, 0.5) is 17.5 Å². The lowest BCUT2D eigenvalue weighted by molar-refractivity contribution is 0.101. The van der Waals surface area contributed by atoms with Crippen LogP contribution in [0, 0.1) is 20.8 Å². The van der Waals surface area contributed by atoms with E-state index in [9.17, 15) is 29.7 Å². The monoisotopic (exact) mass is 882 g/mol. The quantitative estimate of drug-likeness (QED) is 0.0583. The third-order valence-electron chi connectivity index (χ3n) is 11.2. The number of phenolic OH excluding ortho intramolecular Hbond substituents is 3. The average Bonchev–Trinajstić information content (AvgIpc) is 3.28. The van der Waals surface area contributed by atoms with Crippen molar-refractivity contribution < 1.29 is 29.7 Å². The van der Waals surface area contributed by atoms with E-state index in [0.717, 1.165) is 17.1 Å². The van der Waals surface area contributed by atoms with E-state index in [1.165, 1.54) is 0 Å². The zero-order chi connectivity index (χ0) is 47.1. The van der Waals surface area contributed by atoms with E-state index in [1.807, 2.05) is 96.1 Å². The standard InChI is InChI=1S/C54H54N6O6/c1-7-13-34-22-40(28-43(49(34)61)52(64)58-46-19-10-16-31(4)55-46)37-25-38(41-23-35(14-8-2)50(62)44(29-41)53(65)59-47-20-11-17-32(5)56-47)27-39(26-37)42-24-36(15-9-3)51(63)45(30-42)54(66)60-48-21-12-18-33(6)57-48/h10-12,16-30,61-63H,7-9,13-15H2,1-6H3,(H,55,58,64)(H,56,59,65)(H,57,60,66). The number of aromatic nitrogens is 3. The Kier molecular flexibility index (Phi) is 14.2. The van der Waals surface area contributed by atoms with Gasteiger partial charge in [-0.25, -0.2) is 15.0 Å². The number of amides is 3. The van der Waals surface area contributed by atoms with E-state index >= 15 is 0 Å². The van der Waals surface area contributed by atoms with Gasteiger partial charge in [0.05, 0.1) is 16.7 Å². The Labute approximate surface area is 384 Å². The minimum Gasteiger partial charge on any atom is -0.507 e. The van der Waals surface area contributed by atoms with Gasteiger partial charge in [0.25, 0.3) is 17.7 Å². The normalized spacial score (nSPS) is 11.0. The summed E-state index contributed by atoms with van der Waals surface area (Å²) in [7, 11) is 0. The highest BCUT2D eigenvalue weighted by Crippen LogP contribution is 2.40. The van der Waals surface area contributed by atoms with Crippen LogP contribution in [0.25, 0.3) is 33.4 Å². The highest BCUT2D eigenvalue weighted by Gasteiger charge is 2.23. The average molecular weight is 883 g/mol. The van der Waals surface area contributed by atoms with Crippen LogP contribution in [0.5, 0.6) is 17.2 Å². The van der Waals surface area contributed by atoms with Gasteiger partial charge in [-0.2, -0.15) is 0 Å². The lowest BCUT2D eigenvalue weighted by Crippen LogP contribution is -2.14. The summed E-state index contributed by atoms with van der Waals surface area (Å²) >= 11 is 0. The smallest absolute Gasteiger partial charge is 0.260 e. The SMILES string of the molecule is CCCc1cc(-c2cc(-c3cc(CCC)c(O)c(C(=O)Nc4cccc(C)n4)c3)cc(-c3cc(CCC)c(O)c(C(=O)Nc4cccc(C)n4)c3)c2)cc(C(=O)Nc2cccc(C)n2)c1O. The van der Waals surface area contributed by atoms with Crippen molar-refractivity contribution in [1.29, 1.82) is 0 Å². The maximum absolute atomic E-state index is 14.0. The van der Waals surface area contributed by atoms with E-state index in [4.69, 9.17) is 0 Å². The topological polar surface area (TPSA) is 187 Å². The van der Waals surface area contributed by atoms with Gasteiger partial charge in [0, 0.05) is 17.1 Å². The summed E-state index contributed by atoms with van der Waals surface area (Å²) in [5.74, 6) is -0.995. The summed E-state index contributed by atoms with van der Waals surface area (Å²) in [5.41, 5.74) is 7.86. The number of nitrogens with one attached hydrogen (secondary N) is 3. The predicted molar refractivity (Wildman–Crippen MR) is 261 cm³/mol. The molecule has 3 amide bonds. The number of carbonyl (C=O) groups is 3.